The van der Waals surface area contributed by atoms with Crippen LogP contribution in [0.1, 0.15) is 44.9 Å². The van der Waals surface area contributed by atoms with Crippen LogP contribution in [-0.4, -0.2) is 91.2 Å². The number of benzene rings is 1. The molecule has 4 amide bonds. The van der Waals surface area contributed by atoms with E-state index in [1.54, 1.807) is 31.2 Å². The molecule has 2 saturated carbocycles. The van der Waals surface area contributed by atoms with Crippen LogP contribution >= 0.6 is 11.6 Å². The van der Waals surface area contributed by atoms with E-state index in [2.05, 4.69) is 15.0 Å². The summed E-state index contributed by atoms with van der Waals surface area (Å²) in [6, 6.07) is 5.80. The summed E-state index contributed by atoms with van der Waals surface area (Å²) in [5, 5.41) is 3.94. The fourth-order valence-corrected chi connectivity index (χ4v) is 7.60. The van der Waals surface area contributed by atoms with E-state index in [0.29, 0.717) is 30.5 Å². The number of hydrogen-bond donors (Lipinski definition) is 2. The van der Waals surface area contributed by atoms with Crippen molar-refractivity contribution >= 4 is 50.2 Å². The van der Waals surface area contributed by atoms with Crippen LogP contribution in [0.3, 0.4) is 0 Å². The lowest BCUT2D eigenvalue weighted by atomic mass is 10.1. The van der Waals surface area contributed by atoms with Gasteiger partial charge in [0, 0.05) is 31.3 Å². The lowest BCUT2D eigenvalue weighted by Gasteiger charge is -2.30. The van der Waals surface area contributed by atoms with Crippen LogP contribution in [0.4, 0.5) is 4.79 Å². The molecule has 0 spiro atoms. The number of rotatable bonds is 6. The van der Waals surface area contributed by atoms with Gasteiger partial charge in [-0.3, -0.25) is 14.3 Å². The van der Waals surface area contributed by atoms with Gasteiger partial charge in [0.05, 0.1) is 18.9 Å². The van der Waals surface area contributed by atoms with E-state index in [9.17, 15) is 22.8 Å². The number of sulfonamides is 1. The van der Waals surface area contributed by atoms with Gasteiger partial charge in [-0.1, -0.05) is 23.8 Å². The molecule has 14 heteroatoms. The highest BCUT2D eigenvalue weighted by Gasteiger charge is 2.62. The second-order valence-corrected chi connectivity index (χ2v) is 14.4. The number of urea groups is 1. The van der Waals surface area contributed by atoms with Gasteiger partial charge in [-0.25, -0.2) is 18.2 Å². The van der Waals surface area contributed by atoms with Crippen molar-refractivity contribution in [2.75, 3.05) is 27.2 Å². The summed E-state index contributed by atoms with van der Waals surface area (Å²) in [5.41, 5.74) is -1.41. The van der Waals surface area contributed by atoms with Crippen molar-refractivity contribution in [1.82, 2.24) is 24.8 Å². The Labute approximate surface area is 261 Å². The number of ether oxygens (including phenoxy) is 2. The molecular weight excluding hydrogens is 610 g/mol. The summed E-state index contributed by atoms with van der Waals surface area (Å²) in [6.07, 6.45) is 6.97. The molecule has 2 aromatic rings. The first-order chi connectivity index (χ1) is 21.0. The van der Waals surface area contributed by atoms with Gasteiger partial charge in [0.2, 0.25) is 21.8 Å². The minimum atomic E-state index is -3.82. The summed E-state index contributed by atoms with van der Waals surface area (Å²) in [7, 11) is -0.557. The number of hydrogen-bond acceptors (Lipinski definition) is 8. The van der Waals surface area contributed by atoms with Crippen molar-refractivity contribution in [3.63, 3.8) is 0 Å². The molecule has 1 aromatic heterocycles. The highest BCUT2D eigenvalue weighted by Crippen LogP contribution is 2.46. The van der Waals surface area contributed by atoms with Crippen LogP contribution in [-0.2, 0) is 19.6 Å². The Kier molecular flexibility index (Phi) is 8.12. The summed E-state index contributed by atoms with van der Waals surface area (Å²) in [4.78, 5) is 48.4. The van der Waals surface area contributed by atoms with Crippen molar-refractivity contribution in [3.05, 3.63) is 41.6 Å². The number of nitrogens with one attached hydrogen (secondary N) is 2. The van der Waals surface area contributed by atoms with Crippen molar-refractivity contribution in [2.24, 2.45) is 5.92 Å². The molecule has 2 N–H and O–H groups in total. The third-order valence-electron chi connectivity index (χ3n) is 8.84. The number of carbonyl (C=O) groups excluding carboxylic acids is 3. The quantitative estimate of drug-likeness (QED) is 0.360. The molecule has 1 saturated heterocycles. The molecule has 3 fully saturated rings. The maximum atomic E-state index is 13.9. The number of allylic oxidation sites excluding steroid dienone is 1. The minimum absolute atomic E-state index is 0.103. The van der Waals surface area contributed by atoms with Crippen LogP contribution in [0.25, 0.3) is 10.8 Å². The number of aromatic nitrogens is 1. The van der Waals surface area contributed by atoms with Gasteiger partial charge in [0.1, 0.15) is 28.6 Å². The molecule has 4 atom stereocenters. The Morgan fingerprint density at radius 3 is 2.75 bits per heavy atom. The predicted octanol–water partition coefficient (Wildman–Crippen LogP) is 2.99. The Morgan fingerprint density at radius 1 is 1.20 bits per heavy atom. The zero-order valence-electron chi connectivity index (χ0n) is 24.6. The van der Waals surface area contributed by atoms with Crippen LogP contribution < -0.4 is 19.5 Å². The number of halogens is 1. The summed E-state index contributed by atoms with van der Waals surface area (Å²) < 4.78 is 39.1. The van der Waals surface area contributed by atoms with Gasteiger partial charge in [0.25, 0.3) is 5.91 Å². The number of amides is 4. The van der Waals surface area contributed by atoms with Crippen molar-refractivity contribution in [3.8, 4) is 11.6 Å². The average Bonchev–Trinajstić information content (AvgIpc) is 3.91. The second kappa shape index (κ2) is 11.7. The van der Waals surface area contributed by atoms with E-state index in [1.165, 1.54) is 4.90 Å². The molecule has 1 aromatic carbocycles. The van der Waals surface area contributed by atoms with E-state index < -0.39 is 44.8 Å². The van der Waals surface area contributed by atoms with E-state index in [0.717, 1.165) is 24.6 Å². The number of methoxy groups -OCH3 is 1. The highest BCUT2D eigenvalue weighted by molar-refractivity contribution is 7.91. The third-order valence-corrected chi connectivity index (χ3v) is 10.8. The summed E-state index contributed by atoms with van der Waals surface area (Å²) in [5.74, 6) is -0.739. The van der Waals surface area contributed by atoms with Crippen molar-refractivity contribution in [1.29, 1.82) is 0 Å². The molecule has 6 rings (SSSR count). The largest absolute Gasteiger partial charge is 0.497 e. The number of fused-ring (bicyclic) bond motifs is 3. The van der Waals surface area contributed by atoms with Crippen molar-refractivity contribution in [2.45, 2.75) is 67.9 Å². The SMILES string of the molecule is COc1ccc2c(O[C@@H]3C[C@H]4C(=O)N[C@]5(C(=O)NS(=O)(=O)C6CC6)C[C@@H]5/C=C\CCCCN(C)C(=O)N4C3)nc(Cl)cc2c1. The topological polar surface area (TPSA) is 147 Å². The zero-order valence-corrected chi connectivity index (χ0v) is 26.2. The smallest absolute Gasteiger partial charge is 0.320 e. The first kappa shape index (κ1) is 30.4. The molecule has 4 aliphatic rings. The van der Waals surface area contributed by atoms with Crippen LogP contribution in [0.2, 0.25) is 5.15 Å². The standard InChI is InChI=1S/C30H36ClN5O7S/c1-35-12-6-4-3-5-7-19-16-30(19,28(38)34-44(40,41)22-9-10-22)33-26(37)24-15-21(17-36(24)29(35)39)43-27-23-11-8-20(42-2)13-18(23)14-25(31)32-27/h5,7-8,11,13-14,19,21-22,24H,3-4,6,9-10,12,15-17H2,1-2H3,(H,33,37)(H,34,38)/b7-5-/t19-,21+,24-,30+/m0/s1. The van der Waals surface area contributed by atoms with Gasteiger partial charge in [-0.05, 0) is 68.2 Å². The van der Waals surface area contributed by atoms with Gasteiger partial charge in [-0.15, -0.1) is 0 Å². The second-order valence-electron chi connectivity index (χ2n) is 12.1. The van der Waals surface area contributed by atoms with E-state index in [1.807, 2.05) is 24.3 Å². The normalized spacial score (nSPS) is 28.4. The summed E-state index contributed by atoms with van der Waals surface area (Å²) >= 11 is 6.31. The molecule has 0 bridgehead atoms. The number of pyridine rings is 1. The Hall–Kier alpha value is -3.58. The predicted molar refractivity (Wildman–Crippen MR) is 163 cm³/mol. The van der Waals surface area contributed by atoms with E-state index in [4.69, 9.17) is 21.1 Å². The number of carbonyl (C=O) groups is 3. The van der Waals surface area contributed by atoms with Crippen LogP contribution in [0, 0.1) is 5.92 Å². The first-order valence-electron chi connectivity index (χ1n) is 14.9. The molecule has 3 heterocycles. The van der Waals surface area contributed by atoms with Gasteiger partial charge >= 0.3 is 6.03 Å². The lowest BCUT2D eigenvalue weighted by Crippen LogP contribution is -2.57. The molecule has 2 aliphatic carbocycles. The van der Waals surface area contributed by atoms with E-state index >= 15 is 0 Å². The molecule has 2 aliphatic heterocycles. The zero-order chi connectivity index (χ0) is 31.2. The maximum Gasteiger partial charge on any atom is 0.320 e. The molecule has 236 valence electrons. The monoisotopic (exact) mass is 645 g/mol. The maximum absolute atomic E-state index is 13.9. The average molecular weight is 646 g/mol. The Balaban J connectivity index is 1.28. The van der Waals surface area contributed by atoms with Crippen molar-refractivity contribution < 1.29 is 32.3 Å². The third kappa shape index (κ3) is 6.03. The number of nitrogens with zero attached hydrogens (tertiary/aromatic N) is 3. The Morgan fingerprint density at radius 2 is 2.00 bits per heavy atom. The van der Waals surface area contributed by atoms with Gasteiger partial charge < -0.3 is 24.6 Å². The highest BCUT2D eigenvalue weighted by atomic mass is 35.5. The molecular formula is C30H36ClN5O7S. The summed E-state index contributed by atoms with van der Waals surface area (Å²) in [6.45, 7) is 0.617. The first-order valence-corrected chi connectivity index (χ1v) is 16.8. The van der Waals surface area contributed by atoms with Crippen LogP contribution in [0.15, 0.2) is 36.4 Å². The fourth-order valence-electron chi connectivity index (χ4n) is 6.04. The Bertz CT molecular complexity index is 1630. The molecule has 0 radical (unpaired) electrons. The van der Waals surface area contributed by atoms with Gasteiger partial charge in [-0.2, -0.15) is 0 Å². The fraction of sp³-hybridized carbons (Fsp3) is 0.533. The van der Waals surface area contributed by atoms with Crippen LogP contribution in [0.5, 0.6) is 11.6 Å². The van der Waals surface area contributed by atoms with Gasteiger partial charge in [0.15, 0.2) is 0 Å². The lowest BCUT2D eigenvalue weighted by molar-refractivity contribution is -0.131. The molecule has 12 nitrogen and oxygen atoms in total. The molecule has 0 unspecified atom stereocenters. The van der Waals surface area contributed by atoms with E-state index in [-0.39, 0.29) is 42.4 Å². The molecule has 44 heavy (non-hydrogen) atoms. The minimum Gasteiger partial charge on any atom is -0.497 e.